The van der Waals surface area contributed by atoms with Crippen LogP contribution < -0.4 is 15.1 Å². The molecule has 1 aliphatic rings. The number of aromatic nitrogens is 3. The molecule has 0 bridgehead atoms. The van der Waals surface area contributed by atoms with Gasteiger partial charge in [-0.05, 0) is 43.3 Å². The van der Waals surface area contributed by atoms with Crippen molar-refractivity contribution in [1.82, 2.24) is 15.2 Å². The van der Waals surface area contributed by atoms with E-state index in [0.717, 1.165) is 5.69 Å². The number of piperazine rings is 1. The summed E-state index contributed by atoms with van der Waals surface area (Å²) in [5, 5.41) is 11.4. The highest BCUT2D eigenvalue weighted by Crippen LogP contribution is 2.22. The van der Waals surface area contributed by atoms with E-state index in [4.69, 9.17) is 0 Å². The highest BCUT2D eigenvalue weighted by atomic mass is 19.1. The van der Waals surface area contributed by atoms with E-state index >= 15 is 0 Å². The molecule has 2 aromatic carbocycles. The first-order valence-electron chi connectivity index (χ1n) is 9.42. The summed E-state index contributed by atoms with van der Waals surface area (Å²) in [6.07, 6.45) is 1.55. The summed E-state index contributed by atoms with van der Waals surface area (Å²) in [7, 11) is 0. The van der Waals surface area contributed by atoms with Crippen molar-refractivity contribution in [2.45, 2.75) is 6.92 Å². The van der Waals surface area contributed by atoms with Crippen molar-refractivity contribution in [1.29, 1.82) is 0 Å². The van der Waals surface area contributed by atoms with E-state index in [1.54, 1.807) is 30.5 Å². The van der Waals surface area contributed by atoms with Crippen molar-refractivity contribution in [3.8, 4) is 0 Å². The van der Waals surface area contributed by atoms with Gasteiger partial charge >= 0.3 is 0 Å². The van der Waals surface area contributed by atoms with E-state index in [1.807, 2.05) is 28.0 Å². The zero-order chi connectivity index (χ0) is 20.2. The number of carbonyl (C=O) groups is 1. The van der Waals surface area contributed by atoms with Gasteiger partial charge in [-0.2, -0.15) is 10.1 Å². The fourth-order valence-corrected chi connectivity index (χ4v) is 3.28. The van der Waals surface area contributed by atoms with Crippen LogP contribution in [0.1, 0.15) is 17.3 Å². The Balaban J connectivity index is 1.41. The Morgan fingerprint density at radius 3 is 2.38 bits per heavy atom. The normalized spacial score (nSPS) is 14.0. The fourth-order valence-electron chi connectivity index (χ4n) is 3.28. The highest BCUT2D eigenvalue weighted by molar-refractivity contribution is 5.94. The maximum absolute atomic E-state index is 14.0. The van der Waals surface area contributed by atoms with Crippen LogP contribution in [0.4, 0.5) is 27.5 Å². The van der Waals surface area contributed by atoms with Gasteiger partial charge in [0.25, 0.3) is 0 Å². The lowest BCUT2D eigenvalue weighted by atomic mass is 10.1. The predicted molar refractivity (Wildman–Crippen MR) is 110 cm³/mol. The molecule has 0 aliphatic carbocycles. The highest BCUT2D eigenvalue weighted by Gasteiger charge is 2.21. The number of halogens is 1. The summed E-state index contributed by atoms with van der Waals surface area (Å²) in [5.41, 5.74) is 2.09. The number of Topliss-reactive ketones (excluding diaryl/α,β-unsaturated/α-hetero) is 1. The molecule has 0 atom stereocenters. The molecule has 1 N–H and O–H groups in total. The van der Waals surface area contributed by atoms with Crippen molar-refractivity contribution in [3.63, 3.8) is 0 Å². The number of carbonyl (C=O) groups excluding carboxylic acids is 1. The molecule has 0 amide bonds. The van der Waals surface area contributed by atoms with Gasteiger partial charge in [0.05, 0.1) is 11.9 Å². The summed E-state index contributed by atoms with van der Waals surface area (Å²) < 4.78 is 14.0. The maximum Gasteiger partial charge on any atom is 0.247 e. The first-order chi connectivity index (χ1) is 14.1. The van der Waals surface area contributed by atoms with Crippen LogP contribution in [0.5, 0.6) is 0 Å². The second kappa shape index (κ2) is 8.22. The molecule has 1 saturated heterocycles. The third-order valence-electron chi connectivity index (χ3n) is 4.87. The van der Waals surface area contributed by atoms with E-state index in [-0.39, 0.29) is 11.6 Å². The van der Waals surface area contributed by atoms with Crippen LogP contribution in [0.2, 0.25) is 0 Å². The average molecular weight is 392 g/mol. The Labute approximate surface area is 168 Å². The molecule has 1 fully saturated rings. The van der Waals surface area contributed by atoms with Gasteiger partial charge in [0.1, 0.15) is 5.82 Å². The number of hydrogen-bond acceptors (Lipinski definition) is 7. The quantitative estimate of drug-likeness (QED) is 0.668. The fraction of sp³-hybridized carbons (Fsp3) is 0.238. The summed E-state index contributed by atoms with van der Waals surface area (Å²) in [6, 6.07) is 14.0. The summed E-state index contributed by atoms with van der Waals surface area (Å²) in [5.74, 6) is 0.920. The third-order valence-corrected chi connectivity index (χ3v) is 4.87. The van der Waals surface area contributed by atoms with E-state index in [0.29, 0.717) is 49.2 Å². The van der Waals surface area contributed by atoms with Gasteiger partial charge in [-0.25, -0.2) is 4.39 Å². The summed E-state index contributed by atoms with van der Waals surface area (Å²) >= 11 is 0. The van der Waals surface area contributed by atoms with Gasteiger partial charge in [0.15, 0.2) is 11.6 Å². The zero-order valence-electron chi connectivity index (χ0n) is 16.0. The molecule has 3 aromatic rings. The number of hydrogen-bond donors (Lipinski definition) is 1. The number of rotatable bonds is 5. The average Bonchev–Trinajstić information content (AvgIpc) is 2.75. The lowest BCUT2D eigenvalue weighted by molar-refractivity contribution is 0.101. The Bertz CT molecular complexity index is 1000. The van der Waals surface area contributed by atoms with Crippen molar-refractivity contribution >= 4 is 28.9 Å². The second-order valence-corrected chi connectivity index (χ2v) is 6.83. The SMILES string of the molecule is CC(=O)c1ccc(Nc2cnnc(N3CCN(c4ccccc4F)CC3)n2)cc1. The van der Waals surface area contributed by atoms with Gasteiger partial charge in [-0.3, -0.25) is 4.79 Å². The van der Waals surface area contributed by atoms with Gasteiger partial charge in [0.2, 0.25) is 5.95 Å². The van der Waals surface area contributed by atoms with Crippen molar-refractivity contribution in [2.75, 3.05) is 41.3 Å². The number of ketones is 1. The minimum atomic E-state index is -0.208. The topological polar surface area (TPSA) is 74.2 Å². The van der Waals surface area contributed by atoms with Crippen LogP contribution in [-0.4, -0.2) is 47.1 Å². The first kappa shape index (κ1) is 18.8. The van der Waals surface area contributed by atoms with E-state index in [9.17, 15) is 9.18 Å². The number of anilines is 4. The molecule has 4 rings (SSSR count). The van der Waals surface area contributed by atoms with Crippen molar-refractivity contribution in [2.24, 2.45) is 0 Å². The number of benzene rings is 2. The molecule has 1 aromatic heterocycles. The second-order valence-electron chi connectivity index (χ2n) is 6.83. The predicted octanol–water partition coefficient (Wildman–Crippen LogP) is 3.28. The van der Waals surface area contributed by atoms with E-state index in [2.05, 4.69) is 20.5 Å². The van der Waals surface area contributed by atoms with Crippen molar-refractivity contribution < 1.29 is 9.18 Å². The smallest absolute Gasteiger partial charge is 0.247 e. The largest absolute Gasteiger partial charge is 0.366 e. The molecule has 29 heavy (non-hydrogen) atoms. The number of para-hydroxylation sites is 1. The maximum atomic E-state index is 14.0. The minimum Gasteiger partial charge on any atom is -0.366 e. The van der Waals surface area contributed by atoms with Gasteiger partial charge in [-0.15, -0.1) is 5.10 Å². The Hall–Kier alpha value is -3.55. The number of nitrogens with one attached hydrogen (secondary N) is 1. The molecule has 1 aliphatic heterocycles. The molecule has 0 spiro atoms. The molecule has 0 radical (unpaired) electrons. The van der Waals surface area contributed by atoms with E-state index < -0.39 is 0 Å². The number of nitrogens with zero attached hydrogens (tertiary/aromatic N) is 5. The van der Waals surface area contributed by atoms with Crippen molar-refractivity contribution in [3.05, 3.63) is 66.1 Å². The molecule has 7 nitrogen and oxygen atoms in total. The van der Waals surface area contributed by atoms with Crippen LogP contribution in [0.15, 0.2) is 54.7 Å². The van der Waals surface area contributed by atoms with Crippen LogP contribution >= 0.6 is 0 Å². The lowest BCUT2D eigenvalue weighted by Crippen LogP contribution is -2.47. The van der Waals surface area contributed by atoms with Crippen LogP contribution in [0, 0.1) is 5.82 Å². The molecule has 2 heterocycles. The standard InChI is InChI=1S/C21H21FN6O/c1-15(29)16-6-8-17(9-7-16)24-20-14-23-26-21(25-20)28-12-10-27(11-13-28)19-5-3-2-4-18(19)22/h2-9,14H,10-13H2,1H3,(H,24,25,26). The molecule has 148 valence electrons. The van der Waals surface area contributed by atoms with Gasteiger partial charge < -0.3 is 15.1 Å². The zero-order valence-corrected chi connectivity index (χ0v) is 16.0. The monoisotopic (exact) mass is 392 g/mol. The van der Waals surface area contributed by atoms with Gasteiger partial charge in [-0.1, -0.05) is 12.1 Å². The minimum absolute atomic E-state index is 0.0251. The van der Waals surface area contributed by atoms with E-state index in [1.165, 1.54) is 13.0 Å². The van der Waals surface area contributed by atoms with Crippen LogP contribution in [0.25, 0.3) is 0 Å². The summed E-state index contributed by atoms with van der Waals surface area (Å²) in [6.45, 7) is 4.23. The van der Waals surface area contributed by atoms with Crippen LogP contribution in [-0.2, 0) is 0 Å². The molecular weight excluding hydrogens is 371 g/mol. The Morgan fingerprint density at radius 2 is 1.69 bits per heavy atom. The molecule has 0 saturated carbocycles. The molecule has 8 heteroatoms. The van der Waals surface area contributed by atoms with Crippen LogP contribution in [0.3, 0.4) is 0 Å². The van der Waals surface area contributed by atoms with Gasteiger partial charge in [0, 0.05) is 37.4 Å². The molecule has 0 unspecified atom stereocenters. The Morgan fingerprint density at radius 1 is 1.00 bits per heavy atom. The first-order valence-corrected chi connectivity index (χ1v) is 9.42. The lowest BCUT2D eigenvalue weighted by Gasteiger charge is -2.36. The molecular formula is C21H21FN6O. The third kappa shape index (κ3) is 4.31. The Kier molecular flexibility index (Phi) is 5.33. The summed E-state index contributed by atoms with van der Waals surface area (Å²) in [4.78, 5) is 20.0.